The van der Waals surface area contributed by atoms with E-state index in [0.29, 0.717) is 12.6 Å². The molecule has 1 aromatic heterocycles. The van der Waals surface area contributed by atoms with Gasteiger partial charge in [-0.2, -0.15) is 0 Å². The fourth-order valence-electron chi connectivity index (χ4n) is 4.20. The summed E-state index contributed by atoms with van der Waals surface area (Å²) in [4.78, 5) is 0. The average molecular weight is 323 g/mol. The van der Waals surface area contributed by atoms with Crippen LogP contribution in [0.4, 0.5) is 0 Å². The summed E-state index contributed by atoms with van der Waals surface area (Å²) >= 11 is 0. The van der Waals surface area contributed by atoms with Gasteiger partial charge in [-0.25, -0.2) is 0 Å². The normalized spacial score (nSPS) is 17.5. The van der Waals surface area contributed by atoms with Crippen molar-refractivity contribution in [1.82, 2.24) is 4.57 Å². The summed E-state index contributed by atoms with van der Waals surface area (Å²) in [6, 6.07) is 17.7. The Morgan fingerprint density at radius 3 is 2.12 bits per heavy atom. The number of hydrogen-bond donors (Lipinski definition) is 2. The topological polar surface area (TPSA) is 41.8 Å². The third-order valence-corrected chi connectivity index (χ3v) is 5.46. The highest BCUT2D eigenvalue weighted by molar-refractivity contribution is 6.07. The van der Waals surface area contributed by atoms with Crippen molar-refractivity contribution in [3.05, 3.63) is 48.5 Å². The van der Waals surface area contributed by atoms with Crippen LogP contribution in [0.1, 0.15) is 32.1 Å². The third-order valence-electron chi connectivity index (χ3n) is 5.46. The molecule has 0 aliphatic heterocycles. The van der Waals surface area contributed by atoms with Gasteiger partial charge in [0.05, 0.1) is 12.6 Å². The number of nitrogens with two attached hydrogens (primary N) is 1. The molecule has 1 saturated carbocycles. The van der Waals surface area contributed by atoms with E-state index in [0.717, 1.165) is 6.54 Å². The van der Waals surface area contributed by atoms with Gasteiger partial charge in [-0.05, 0) is 37.8 Å². The first-order chi connectivity index (χ1) is 11.8. The van der Waals surface area contributed by atoms with Gasteiger partial charge in [0, 0.05) is 21.8 Å². The summed E-state index contributed by atoms with van der Waals surface area (Å²) in [5.41, 5.74) is 2.44. The first-order valence-electron chi connectivity index (χ1n) is 9.30. The van der Waals surface area contributed by atoms with Crippen LogP contribution < -0.4 is 5.32 Å². The molecular formula is C21H27N2O+. The Hall–Kier alpha value is -1.84. The average Bonchev–Trinajstić information content (AvgIpc) is 2.95. The monoisotopic (exact) mass is 323 g/mol. The molecule has 126 valence electrons. The number of quaternary nitrogens is 1. The van der Waals surface area contributed by atoms with E-state index >= 15 is 0 Å². The van der Waals surface area contributed by atoms with Gasteiger partial charge in [0.25, 0.3) is 0 Å². The molecule has 0 spiro atoms. The first-order valence-corrected chi connectivity index (χ1v) is 9.30. The van der Waals surface area contributed by atoms with Crippen molar-refractivity contribution in [3.8, 4) is 0 Å². The molecule has 0 unspecified atom stereocenters. The minimum Gasteiger partial charge on any atom is -0.385 e. The fraction of sp³-hybridized carbons (Fsp3) is 0.429. The molecule has 0 saturated heterocycles. The quantitative estimate of drug-likeness (QED) is 0.744. The van der Waals surface area contributed by atoms with E-state index in [1.807, 2.05) is 0 Å². The molecule has 1 atom stereocenters. The van der Waals surface area contributed by atoms with Gasteiger partial charge in [0.15, 0.2) is 0 Å². The Kier molecular flexibility index (Phi) is 4.54. The second kappa shape index (κ2) is 6.96. The SMILES string of the molecule is O[C@@H](C[NH2+]C1CCCCC1)Cn1c2ccccc2c2ccccc21. The highest BCUT2D eigenvalue weighted by atomic mass is 16.3. The van der Waals surface area contributed by atoms with Crippen LogP contribution in [0.5, 0.6) is 0 Å². The molecule has 2 aromatic carbocycles. The van der Waals surface area contributed by atoms with Crippen molar-refractivity contribution in [2.45, 2.75) is 50.8 Å². The number of nitrogens with zero attached hydrogens (tertiary/aromatic N) is 1. The second-order valence-electron chi connectivity index (χ2n) is 7.17. The predicted molar refractivity (Wildman–Crippen MR) is 99.1 cm³/mol. The van der Waals surface area contributed by atoms with Crippen LogP contribution in [0.2, 0.25) is 0 Å². The van der Waals surface area contributed by atoms with E-state index < -0.39 is 0 Å². The number of aliphatic hydroxyl groups is 1. The molecule has 3 N–H and O–H groups in total. The van der Waals surface area contributed by atoms with E-state index in [-0.39, 0.29) is 6.10 Å². The lowest BCUT2D eigenvalue weighted by atomic mass is 9.95. The minimum absolute atomic E-state index is 0.314. The van der Waals surface area contributed by atoms with E-state index in [1.54, 1.807) is 0 Å². The summed E-state index contributed by atoms with van der Waals surface area (Å²) in [6.45, 7) is 1.46. The van der Waals surface area contributed by atoms with Gasteiger partial charge < -0.3 is 15.0 Å². The molecule has 0 amide bonds. The summed E-state index contributed by atoms with van der Waals surface area (Å²) in [6.07, 6.45) is 6.39. The predicted octanol–water partition coefficient (Wildman–Crippen LogP) is 3.05. The van der Waals surface area contributed by atoms with E-state index in [2.05, 4.69) is 58.4 Å². The van der Waals surface area contributed by atoms with Crippen LogP contribution in [-0.4, -0.2) is 28.4 Å². The first kappa shape index (κ1) is 15.7. The molecular weight excluding hydrogens is 296 g/mol. The van der Waals surface area contributed by atoms with E-state index in [9.17, 15) is 5.11 Å². The highest BCUT2D eigenvalue weighted by Crippen LogP contribution is 2.28. The number of benzene rings is 2. The van der Waals surface area contributed by atoms with E-state index in [1.165, 1.54) is 53.9 Å². The number of rotatable bonds is 5. The standard InChI is InChI=1S/C21H26N2O/c24-17(14-22-16-8-2-1-3-9-16)15-23-20-12-6-4-10-18(20)19-11-5-7-13-21(19)23/h4-7,10-13,16-17,22,24H,1-3,8-9,14-15H2/p+1/t17-/m0/s1. The molecule has 1 heterocycles. The zero-order valence-electron chi connectivity index (χ0n) is 14.2. The Morgan fingerprint density at radius 2 is 1.50 bits per heavy atom. The second-order valence-corrected chi connectivity index (χ2v) is 7.17. The Balaban J connectivity index is 1.54. The van der Waals surface area contributed by atoms with Crippen LogP contribution in [0, 0.1) is 0 Å². The summed E-state index contributed by atoms with van der Waals surface area (Å²) in [5, 5.41) is 15.5. The smallest absolute Gasteiger partial charge is 0.121 e. The minimum atomic E-state index is -0.314. The number of fused-ring (bicyclic) bond motifs is 3. The molecule has 0 bridgehead atoms. The third kappa shape index (κ3) is 3.06. The zero-order valence-corrected chi connectivity index (χ0v) is 14.2. The molecule has 3 nitrogen and oxygen atoms in total. The number of hydrogen-bond acceptors (Lipinski definition) is 1. The lowest BCUT2D eigenvalue weighted by Crippen LogP contribution is -2.92. The summed E-state index contributed by atoms with van der Waals surface area (Å²) < 4.78 is 2.28. The maximum Gasteiger partial charge on any atom is 0.121 e. The lowest BCUT2D eigenvalue weighted by molar-refractivity contribution is -0.697. The van der Waals surface area contributed by atoms with Crippen molar-refractivity contribution >= 4 is 21.8 Å². The van der Waals surface area contributed by atoms with Crippen molar-refractivity contribution in [2.24, 2.45) is 0 Å². The van der Waals surface area contributed by atoms with Gasteiger partial charge >= 0.3 is 0 Å². The maximum atomic E-state index is 10.6. The molecule has 4 rings (SSSR count). The van der Waals surface area contributed by atoms with Gasteiger partial charge in [-0.15, -0.1) is 0 Å². The van der Waals surface area contributed by atoms with Crippen molar-refractivity contribution < 1.29 is 10.4 Å². The molecule has 3 heteroatoms. The molecule has 3 aromatic rings. The van der Waals surface area contributed by atoms with Gasteiger partial charge in [0.1, 0.15) is 12.6 Å². The zero-order chi connectivity index (χ0) is 16.4. The van der Waals surface area contributed by atoms with Gasteiger partial charge in [-0.1, -0.05) is 42.8 Å². The van der Waals surface area contributed by atoms with Crippen molar-refractivity contribution in [3.63, 3.8) is 0 Å². The van der Waals surface area contributed by atoms with Crippen LogP contribution in [0.15, 0.2) is 48.5 Å². The Labute approximate surface area is 143 Å². The largest absolute Gasteiger partial charge is 0.385 e. The number of para-hydroxylation sites is 2. The molecule has 0 radical (unpaired) electrons. The highest BCUT2D eigenvalue weighted by Gasteiger charge is 2.19. The summed E-state index contributed by atoms with van der Waals surface area (Å²) in [7, 11) is 0. The van der Waals surface area contributed by atoms with Crippen LogP contribution in [-0.2, 0) is 6.54 Å². The van der Waals surface area contributed by atoms with Crippen LogP contribution in [0.25, 0.3) is 21.8 Å². The molecule has 1 aliphatic rings. The van der Waals surface area contributed by atoms with Crippen LogP contribution >= 0.6 is 0 Å². The lowest BCUT2D eigenvalue weighted by Gasteiger charge is -2.21. The maximum absolute atomic E-state index is 10.6. The van der Waals surface area contributed by atoms with Gasteiger partial charge in [0.2, 0.25) is 0 Å². The molecule has 24 heavy (non-hydrogen) atoms. The Bertz CT molecular complexity index is 764. The molecule has 1 aliphatic carbocycles. The van der Waals surface area contributed by atoms with Crippen LogP contribution in [0.3, 0.4) is 0 Å². The van der Waals surface area contributed by atoms with Gasteiger partial charge in [-0.3, -0.25) is 0 Å². The molecule has 1 fully saturated rings. The van der Waals surface area contributed by atoms with E-state index in [4.69, 9.17) is 0 Å². The van der Waals surface area contributed by atoms with Crippen molar-refractivity contribution in [2.75, 3.05) is 6.54 Å². The number of aromatic nitrogens is 1. The fourth-order valence-corrected chi connectivity index (χ4v) is 4.20. The summed E-state index contributed by atoms with van der Waals surface area (Å²) in [5.74, 6) is 0. The number of aliphatic hydroxyl groups excluding tert-OH is 1. The van der Waals surface area contributed by atoms with Crippen molar-refractivity contribution in [1.29, 1.82) is 0 Å². The Morgan fingerprint density at radius 1 is 0.917 bits per heavy atom.